The van der Waals surface area contributed by atoms with E-state index in [2.05, 4.69) is 30.1 Å². The van der Waals surface area contributed by atoms with E-state index in [1.807, 2.05) is 5.92 Å². The Bertz CT molecular complexity index is 1080. The molecule has 0 amide bonds. The number of aliphatic hydroxyl groups is 1. The first-order valence-electron chi connectivity index (χ1n) is 9.35. The quantitative estimate of drug-likeness (QED) is 0.223. The molecular weight excluding hydrogens is 448 g/mol. The zero-order valence-corrected chi connectivity index (χ0v) is 18.4. The maximum absolute atomic E-state index is 15.7. The summed E-state index contributed by atoms with van der Waals surface area (Å²) in [5.41, 5.74) is 3.43. The molecule has 1 aliphatic rings. The molecule has 3 rings (SSSR count). The number of methoxy groups -OCH3 is 1. The molecule has 0 aliphatic carbocycles. The molecule has 6 atom stereocenters. The number of nitrogens with one attached hydrogen (secondary N) is 2. The number of aromatic nitrogens is 4. The van der Waals surface area contributed by atoms with Crippen LogP contribution in [0, 0.1) is 12.3 Å². The van der Waals surface area contributed by atoms with Crippen molar-refractivity contribution in [1.29, 1.82) is 0 Å². The van der Waals surface area contributed by atoms with Crippen LogP contribution in [-0.2, 0) is 23.4 Å². The lowest BCUT2D eigenvalue weighted by Crippen LogP contribution is -2.42. The van der Waals surface area contributed by atoms with Gasteiger partial charge in [0.25, 0.3) is 8.18 Å². The minimum atomic E-state index is -2.95. The minimum Gasteiger partial charge on any atom is -0.468 e. The van der Waals surface area contributed by atoms with E-state index in [4.69, 9.17) is 21.4 Å². The average molecular weight is 471 g/mol. The van der Waals surface area contributed by atoms with Gasteiger partial charge in [-0.05, 0) is 6.92 Å². The summed E-state index contributed by atoms with van der Waals surface area (Å²) in [6.07, 6.45) is 1.97. The number of nitrogens with zero attached hydrogens (tertiary/aromatic N) is 4. The summed E-state index contributed by atoms with van der Waals surface area (Å²) >= 11 is 0. The molecule has 3 heterocycles. The van der Waals surface area contributed by atoms with Crippen LogP contribution in [0.15, 0.2) is 6.33 Å². The van der Waals surface area contributed by atoms with Gasteiger partial charge in [-0.2, -0.15) is 9.97 Å². The van der Waals surface area contributed by atoms with Gasteiger partial charge in [0.2, 0.25) is 11.6 Å². The van der Waals surface area contributed by atoms with Crippen LogP contribution in [0.2, 0.25) is 0 Å². The number of aliphatic hydroxyl groups excluding tert-OH is 1. The number of imidazole rings is 1. The van der Waals surface area contributed by atoms with Crippen molar-refractivity contribution < 1.29 is 32.9 Å². The molecular formula is C17H23FN7O6P. The fourth-order valence-electron chi connectivity index (χ4n) is 3.20. The number of esters is 1. The third kappa shape index (κ3) is 4.25. The van der Waals surface area contributed by atoms with Crippen LogP contribution >= 0.6 is 8.18 Å². The molecule has 1 unspecified atom stereocenters. The molecule has 0 spiro atoms. The molecule has 1 fully saturated rings. The zero-order chi connectivity index (χ0) is 23.6. The Morgan fingerprint density at radius 3 is 2.94 bits per heavy atom. The van der Waals surface area contributed by atoms with Gasteiger partial charge in [0.1, 0.15) is 18.2 Å². The van der Waals surface area contributed by atoms with Gasteiger partial charge in [0.15, 0.2) is 23.2 Å². The number of fused-ring (bicyclic) bond motifs is 1. The molecule has 0 radical (unpaired) electrons. The Labute approximate surface area is 182 Å². The summed E-state index contributed by atoms with van der Waals surface area (Å²) in [5.74, 6) is 1.49. The Morgan fingerprint density at radius 2 is 2.31 bits per heavy atom. The highest BCUT2D eigenvalue weighted by atomic mass is 31.1. The van der Waals surface area contributed by atoms with E-state index in [0.29, 0.717) is 5.82 Å². The molecule has 0 bridgehead atoms. The van der Waals surface area contributed by atoms with Crippen LogP contribution in [-0.4, -0.2) is 75.3 Å². The second-order valence-corrected chi connectivity index (χ2v) is 8.03. The predicted octanol–water partition coefficient (Wildman–Crippen LogP) is -0.393. The molecule has 15 heteroatoms. The third-order valence-electron chi connectivity index (χ3n) is 4.86. The molecule has 5 N–H and O–H groups in total. The second-order valence-electron chi connectivity index (χ2n) is 6.88. The van der Waals surface area contributed by atoms with E-state index in [0.717, 1.165) is 0 Å². The van der Waals surface area contributed by atoms with Crippen LogP contribution in [0.25, 0.3) is 11.2 Å². The predicted molar refractivity (Wildman–Crippen MR) is 111 cm³/mol. The molecule has 1 aliphatic heterocycles. The molecule has 32 heavy (non-hydrogen) atoms. The third-order valence-corrected chi connectivity index (χ3v) is 5.96. The number of hydrogen-bond acceptors (Lipinski definition) is 11. The maximum atomic E-state index is 15.7. The molecule has 2 aromatic rings. The SMILES string of the molecule is C#C[C@@]1(F)[C@H](O)[C@@H](CO[PH](=O)N[C@H](C)C(=O)OC)O[C@H]1n1cnc2c(NC)nc(N)nc21. The van der Waals surface area contributed by atoms with E-state index in [1.165, 1.54) is 24.9 Å². The molecule has 2 aromatic heterocycles. The van der Waals surface area contributed by atoms with Gasteiger partial charge in [-0.3, -0.25) is 13.9 Å². The molecule has 13 nitrogen and oxygen atoms in total. The minimum absolute atomic E-state index is 0.100. The highest BCUT2D eigenvalue weighted by Gasteiger charge is 2.58. The monoisotopic (exact) mass is 471 g/mol. The van der Waals surface area contributed by atoms with Crippen LogP contribution in [0.4, 0.5) is 16.2 Å². The lowest BCUT2D eigenvalue weighted by Gasteiger charge is -2.23. The van der Waals surface area contributed by atoms with Crippen LogP contribution in [0.5, 0.6) is 0 Å². The van der Waals surface area contributed by atoms with Gasteiger partial charge in [0, 0.05) is 7.05 Å². The Kier molecular flexibility index (Phi) is 6.97. The van der Waals surface area contributed by atoms with Crippen LogP contribution in [0.1, 0.15) is 13.2 Å². The number of carbonyl (C=O) groups is 1. The first-order valence-corrected chi connectivity index (χ1v) is 10.7. The average Bonchev–Trinajstić information content (AvgIpc) is 3.30. The van der Waals surface area contributed by atoms with E-state index in [1.54, 1.807) is 7.05 Å². The lowest BCUT2D eigenvalue weighted by molar-refractivity contribution is -0.142. The number of rotatable bonds is 8. The number of terminal acetylenes is 1. The van der Waals surface area contributed by atoms with Crippen LogP contribution in [0.3, 0.4) is 0 Å². The fourth-order valence-corrected chi connectivity index (χ4v) is 4.07. The van der Waals surface area contributed by atoms with Gasteiger partial charge in [-0.1, -0.05) is 5.92 Å². The summed E-state index contributed by atoms with van der Waals surface area (Å²) < 4.78 is 44.2. The van der Waals surface area contributed by atoms with Gasteiger partial charge in [0.05, 0.1) is 20.0 Å². The van der Waals surface area contributed by atoms with Crippen molar-refractivity contribution >= 4 is 37.1 Å². The Morgan fingerprint density at radius 1 is 1.59 bits per heavy atom. The number of alkyl halides is 1. The molecule has 0 saturated carbocycles. The molecule has 174 valence electrons. The summed E-state index contributed by atoms with van der Waals surface area (Å²) in [5, 5.41) is 15.7. The summed E-state index contributed by atoms with van der Waals surface area (Å²) in [6, 6.07) is -0.900. The van der Waals surface area contributed by atoms with Gasteiger partial charge < -0.3 is 30.2 Å². The van der Waals surface area contributed by atoms with Crippen molar-refractivity contribution in [2.75, 3.05) is 31.8 Å². The first-order chi connectivity index (χ1) is 15.2. The number of halogens is 1. The van der Waals surface area contributed by atoms with Gasteiger partial charge in [-0.15, -0.1) is 6.42 Å². The van der Waals surface area contributed by atoms with Crippen molar-refractivity contribution in [2.24, 2.45) is 0 Å². The number of carbonyl (C=O) groups excluding carboxylic acids is 1. The summed E-state index contributed by atoms with van der Waals surface area (Å²) in [7, 11) is -0.167. The van der Waals surface area contributed by atoms with Gasteiger partial charge >= 0.3 is 5.97 Å². The van der Waals surface area contributed by atoms with E-state index in [9.17, 15) is 14.5 Å². The maximum Gasteiger partial charge on any atom is 0.322 e. The van der Waals surface area contributed by atoms with Crippen molar-refractivity contribution in [3.8, 4) is 12.3 Å². The van der Waals surface area contributed by atoms with Crippen molar-refractivity contribution in [2.45, 2.75) is 37.1 Å². The standard InChI is InChI=1S/C17H23FN7O6P/c1-5-17(18)11(26)9(6-30-32(28)24-8(2)14(27)29-4)31-15(17)25-7-21-10-12(20-3)22-16(19)23-13(10)25/h1,7-9,11,15,26,32H,6H2,2-4H3,(H,24,28)(H3,19,20,22,23)/t8-,9-,11-,15-,17-/m1/s1. The molecule has 0 aromatic carbocycles. The number of nitrogens with two attached hydrogens (primary N) is 1. The second kappa shape index (κ2) is 9.35. The number of anilines is 2. The lowest BCUT2D eigenvalue weighted by atomic mass is 9.97. The normalized spacial score (nSPS) is 27.1. The van der Waals surface area contributed by atoms with Gasteiger partial charge in [-0.25, -0.2) is 14.5 Å². The van der Waals surface area contributed by atoms with E-state index in [-0.39, 0.29) is 17.1 Å². The largest absolute Gasteiger partial charge is 0.468 e. The summed E-state index contributed by atoms with van der Waals surface area (Å²) in [6.45, 7) is 0.950. The first kappa shape index (κ1) is 23.8. The smallest absolute Gasteiger partial charge is 0.322 e. The van der Waals surface area contributed by atoms with Crippen molar-refractivity contribution in [3.63, 3.8) is 0 Å². The molecule has 1 saturated heterocycles. The van der Waals surface area contributed by atoms with E-state index >= 15 is 4.39 Å². The topological polar surface area (TPSA) is 176 Å². The fraction of sp³-hybridized carbons (Fsp3) is 0.529. The Hall–Kier alpha value is -2.82. The number of nitrogen functional groups attached to an aromatic ring is 1. The van der Waals surface area contributed by atoms with E-state index < -0.39 is 50.9 Å². The van der Waals surface area contributed by atoms with Crippen molar-refractivity contribution in [1.82, 2.24) is 24.6 Å². The summed E-state index contributed by atoms with van der Waals surface area (Å²) in [4.78, 5) is 23.6. The highest BCUT2D eigenvalue weighted by molar-refractivity contribution is 7.36. The Balaban J connectivity index is 1.82. The van der Waals surface area contributed by atoms with Crippen molar-refractivity contribution in [3.05, 3.63) is 6.33 Å². The highest BCUT2D eigenvalue weighted by Crippen LogP contribution is 2.43. The van der Waals surface area contributed by atoms with Crippen LogP contribution < -0.4 is 16.1 Å². The number of ether oxygens (including phenoxy) is 2. The number of hydrogen-bond donors (Lipinski definition) is 4. The zero-order valence-electron chi connectivity index (χ0n) is 17.4.